The number of benzene rings is 1. The van der Waals surface area contributed by atoms with Crippen molar-refractivity contribution in [1.82, 2.24) is 30.2 Å². The monoisotopic (exact) mass is 372 g/mol. The molecule has 140 valence electrons. The minimum absolute atomic E-state index is 0.517. The van der Waals surface area contributed by atoms with E-state index in [0.29, 0.717) is 18.3 Å². The highest BCUT2D eigenvalue weighted by Crippen LogP contribution is 2.30. The van der Waals surface area contributed by atoms with Crippen molar-refractivity contribution in [1.29, 1.82) is 0 Å². The fourth-order valence-corrected chi connectivity index (χ4v) is 3.69. The molecule has 3 aromatic heterocycles. The van der Waals surface area contributed by atoms with Gasteiger partial charge in [-0.15, -0.1) is 0 Å². The Balaban J connectivity index is 1.49. The largest absolute Gasteiger partial charge is 0.334 e. The molecule has 4 aromatic rings. The fourth-order valence-electron chi connectivity index (χ4n) is 3.69. The van der Waals surface area contributed by atoms with E-state index in [-0.39, 0.29) is 0 Å². The van der Waals surface area contributed by atoms with Gasteiger partial charge in [-0.05, 0) is 54.8 Å². The van der Waals surface area contributed by atoms with E-state index in [0.717, 1.165) is 41.9 Å². The molecule has 0 amide bonds. The maximum absolute atomic E-state index is 5.61. The van der Waals surface area contributed by atoms with Crippen LogP contribution in [0.3, 0.4) is 0 Å². The molecule has 0 bridgehead atoms. The SMILES string of the molecule is Cc1ncc2c(c1-c1noc(-c3cccc(Cn4cccn4)c3)n1)CCNC2. The lowest BCUT2D eigenvalue weighted by molar-refractivity contribution is 0.432. The summed E-state index contributed by atoms with van der Waals surface area (Å²) in [6.07, 6.45) is 6.61. The molecular weight excluding hydrogens is 352 g/mol. The molecule has 0 fully saturated rings. The Hall–Kier alpha value is -3.32. The summed E-state index contributed by atoms with van der Waals surface area (Å²) >= 11 is 0. The minimum Gasteiger partial charge on any atom is -0.334 e. The third-order valence-corrected chi connectivity index (χ3v) is 5.06. The molecule has 4 heterocycles. The van der Waals surface area contributed by atoms with Crippen LogP contribution in [0.2, 0.25) is 0 Å². The predicted molar refractivity (Wildman–Crippen MR) is 104 cm³/mol. The molecule has 5 rings (SSSR count). The van der Waals surface area contributed by atoms with Crippen molar-refractivity contribution in [3.05, 3.63) is 71.3 Å². The van der Waals surface area contributed by atoms with Gasteiger partial charge in [-0.25, -0.2) is 0 Å². The third kappa shape index (κ3) is 3.10. The van der Waals surface area contributed by atoms with Gasteiger partial charge in [0.25, 0.3) is 5.89 Å². The zero-order valence-electron chi connectivity index (χ0n) is 15.6. The zero-order chi connectivity index (χ0) is 18.9. The van der Waals surface area contributed by atoms with E-state index in [1.807, 2.05) is 42.2 Å². The van der Waals surface area contributed by atoms with Gasteiger partial charge in [0.05, 0.1) is 6.54 Å². The second-order valence-electron chi connectivity index (χ2n) is 6.98. The van der Waals surface area contributed by atoms with Crippen LogP contribution in [0.5, 0.6) is 0 Å². The van der Waals surface area contributed by atoms with Crippen molar-refractivity contribution in [3.8, 4) is 22.8 Å². The first-order valence-corrected chi connectivity index (χ1v) is 9.37. The Bertz CT molecular complexity index is 1120. The van der Waals surface area contributed by atoms with Gasteiger partial charge in [0, 0.05) is 42.0 Å². The molecule has 7 nitrogen and oxygen atoms in total. The van der Waals surface area contributed by atoms with E-state index >= 15 is 0 Å². The van der Waals surface area contributed by atoms with Crippen molar-refractivity contribution < 1.29 is 4.52 Å². The first-order chi connectivity index (χ1) is 13.8. The van der Waals surface area contributed by atoms with E-state index < -0.39 is 0 Å². The van der Waals surface area contributed by atoms with Crippen LogP contribution in [0, 0.1) is 6.92 Å². The number of nitrogens with one attached hydrogen (secondary N) is 1. The summed E-state index contributed by atoms with van der Waals surface area (Å²) in [5.74, 6) is 1.12. The molecule has 0 spiro atoms. The number of fused-ring (bicyclic) bond motifs is 1. The van der Waals surface area contributed by atoms with Crippen LogP contribution in [0.15, 0.2) is 53.4 Å². The summed E-state index contributed by atoms with van der Waals surface area (Å²) in [5.41, 5.74) is 6.44. The molecule has 28 heavy (non-hydrogen) atoms. The molecule has 0 aliphatic carbocycles. The van der Waals surface area contributed by atoms with E-state index in [9.17, 15) is 0 Å². The molecule has 1 aliphatic rings. The highest BCUT2D eigenvalue weighted by molar-refractivity contribution is 5.67. The van der Waals surface area contributed by atoms with Crippen LogP contribution in [-0.4, -0.2) is 31.4 Å². The molecule has 1 N–H and O–H groups in total. The second kappa shape index (κ2) is 7.01. The topological polar surface area (TPSA) is 81.7 Å². The third-order valence-electron chi connectivity index (χ3n) is 5.06. The number of rotatable bonds is 4. The summed E-state index contributed by atoms with van der Waals surface area (Å²) in [5, 5.41) is 11.9. The van der Waals surface area contributed by atoms with Gasteiger partial charge in [0.1, 0.15) is 0 Å². The molecule has 0 radical (unpaired) electrons. The molecule has 0 saturated carbocycles. The first kappa shape index (κ1) is 16.8. The van der Waals surface area contributed by atoms with Gasteiger partial charge in [0.15, 0.2) is 0 Å². The number of pyridine rings is 1. The number of aryl methyl sites for hydroxylation is 1. The van der Waals surface area contributed by atoms with Crippen molar-refractivity contribution in [2.75, 3.05) is 6.54 Å². The molecule has 0 atom stereocenters. The quantitative estimate of drug-likeness (QED) is 0.593. The Morgan fingerprint density at radius 2 is 2.21 bits per heavy atom. The maximum Gasteiger partial charge on any atom is 0.258 e. The zero-order valence-corrected chi connectivity index (χ0v) is 15.6. The maximum atomic E-state index is 5.61. The summed E-state index contributed by atoms with van der Waals surface area (Å²) in [7, 11) is 0. The average Bonchev–Trinajstić information content (AvgIpc) is 3.40. The van der Waals surface area contributed by atoms with E-state index in [2.05, 4.69) is 32.7 Å². The molecule has 1 aliphatic heterocycles. The lowest BCUT2D eigenvalue weighted by Crippen LogP contribution is -2.24. The number of aromatic nitrogens is 5. The smallest absolute Gasteiger partial charge is 0.258 e. The van der Waals surface area contributed by atoms with Crippen LogP contribution in [0.25, 0.3) is 22.8 Å². The number of hydrogen-bond acceptors (Lipinski definition) is 6. The first-order valence-electron chi connectivity index (χ1n) is 9.37. The second-order valence-corrected chi connectivity index (χ2v) is 6.98. The lowest BCUT2D eigenvalue weighted by Gasteiger charge is -2.19. The average molecular weight is 372 g/mol. The van der Waals surface area contributed by atoms with E-state index in [1.165, 1.54) is 11.1 Å². The predicted octanol–water partition coefficient (Wildman–Crippen LogP) is 3.00. The molecule has 7 heteroatoms. The minimum atomic E-state index is 0.517. The van der Waals surface area contributed by atoms with Crippen molar-refractivity contribution in [3.63, 3.8) is 0 Å². The lowest BCUT2D eigenvalue weighted by atomic mass is 9.95. The van der Waals surface area contributed by atoms with Gasteiger partial charge in [0.2, 0.25) is 5.82 Å². The summed E-state index contributed by atoms with van der Waals surface area (Å²) in [6, 6.07) is 10.0. The number of nitrogens with zero attached hydrogens (tertiary/aromatic N) is 5. The Morgan fingerprint density at radius 1 is 1.25 bits per heavy atom. The Kier molecular flexibility index (Phi) is 4.21. The highest BCUT2D eigenvalue weighted by Gasteiger charge is 2.21. The van der Waals surface area contributed by atoms with Gasteiger partial charge in [-0.1, -0.05) is 17.3 Å². The summed E-state index contributed by atoms with van der Waals surface area (Å²) in [6.45, 7) is 4.47. The molecule has 0 unspecified atom stereocenters. The van der Waals surface area contributed by atoms with Crippen molar-refractivity contribution in [2.45, 2.75) is 26.4 Å². The number of hydrogen-bond donors (Lipinski definition) is 1. The van der Waals surface area contributed by atoms with Gasteiger partial charge >= 0.3 is 0 Å². The molecule has 0 saturated heterocycles. The van der Waals surface area contributed by atoms with Gasteiger partial charge in [-0.3, -0.25) is 9.67 Å². The normalized spacial score (nSPS) is 13.5. The molecule has 1 aromatic carbocycles. The summed E-state index contributed by atoms with van der Waals surface area (Å²) < 4.78 is 7.50. The van der Waals surface area contributed by atoms with Crippen molar-refractivity contribution in [2.24, 2.45) is 0 Å². The van der Waals surface area contributed by atoms with Crippen LogP contribution in [0.1, 0.15) is 22.4 Å². The van der Waals surface area contributed by atoms with E-state index in [4.69, 9.17) is 9.51 Å². The van der Waals surface area contributed by atoms with Gasteiger partial charge < -0.3 is 9.84 Å². The highest BCUT2D eigenvalue weighted by atomic mass is 16.5. The molecular formula is C21H20N6O. The van der Waals surface area contributed by atoms with Crippen LogP contribution >= 0.6 is 0 Å². The van der Waals surface area contributed by atoms with Crippen LogP contribution in [-0.2, 0) is 19.5 Å². The van der Waals surface area contributed by atoms with Crippen LogP contribution in [0.4, 0.5) is 0 Å². The summed E-state index contributed by atoms with van der Waals surface area (Å²) in [4.78, 5) is 9.23. The van der Waals surface area contributed by atoms with Crippen LogP contribution < -0.4 is 5.32 Å². The van der Waals surface area contributed by atoms with Crippen molar-refractivity contribution >= 4 is 0 Å². The standard InChI is InChI=1S/C21H20N6O/c1-14-19(18-6-8-22-11-17(18)12-23-14)20-25-21(28-26-20)16-5-2-4-15(10-16)13-27-9-3-7-24-27/h2-5,7,9-10,12,22H,6,8,11,13H2,1H3. The Labute approximate surface area is 162 Å². The Morgan fingerprint density at radius 3 is 3.11 bits per heavy atom. The fraction of sp³-hybridized carbons (Fsp3) is 0.238. The van der Waals surface area contributed by atoms with Gasteiger partial charge in [-0.2, -0.15) is 10.1 Å². The van der Waals surface area contributed by atoms with E-state index in [1.54, 1.807) is 6.20 Å².